The van der Waals surface area contributed by atoms with Crippen molar-refractivity contribution in [3.05, 3.63) is 76.2 Å². The Hall–Kier alpha value is -2.11. The van der Waals surface area contributed by atoms with Crippen LogP contribution in [0.4, 0.5) is 0 Å². The summed E-state index contributed by atoms with van der Waals surface area (Å²) in [6.45, 7) is 6.44. The summed E-state index contributed by atoms with van der Waals surface area (Å²) >= 11 is 2.65. The minimum Gasteiger partial charge on any atom is -0.293 e. The molecule has 0 bridgehead atoms. The van der Waals surface area contributed by atoms with Crippen molar-refractivity contribution >= 4 is 45.7 Å². The van der Waals surface area contributed by atoms with Crippen LogP contribution in [0.2, 0.25) is 0 Å². The summed E-state index contributed by atoms with van der Waals surface area (Å²) in [4.78, 5) is 29.1. The summed E-state index contributed by atoms with van der Waals surface area (Å²) in [6.07, 6.45) is 1.83. The highest BCUT2D eigenvalue weighted by Crippen LogP contribution is 2.34. The van der Waals surface area contributed by atoms with Gasteiger partial charge in [0.25, 0.3) is 5.91 Å². The van der Waals surface area contributed by atoms with Gasteiger partial charge in [-0.15, -0.1) is 0 Å². The Labute approximate surface area is 168 Å². The number of benzene rings is 2. The van der Waals surface area contributed by atoms with Crippen molar-refractivity contribution < 1.29 is 9.59 Å². The second kappa shape index (κ2) is 8.28. The van der Waals surface area contributed by atoms with Gasteiger partial charge in [-0.1, -0.05) is 98.9 Å². The maximum absolute atomic E-state index is 12.4. The molecule has 0 radical (unpaired) electrons. The molecule has 1 amide bonds. The summed E-state index contributed by atoms with van der Waals surface area (Å²) in [6, 6.07) is 17.4. The molecule has 0 saturated carbocycles. The summed E-state index contributed by atoms with van der Waals surface area (Å²) < 4.78 is 0.627. The Morgan fingerprint density at radius 2 is 1.74 bits per heavy atom. The van der Waals surface area contributed by atoms with E-state index >= 15 is 0 Å². The minimum atomic E-state index is -0.242. The van der Waals surface area contributed by atoms with E-state index in [1.807, 2.05) is 60.7 Å². The van der Waals surface area contributed by atoms with E-state index in [2.05, 4.69) is 25.8 Å². The largest absolute Gasteiger partial charge is 0.293 e. The third-order valence-electron chi connectivity index (χ3n) is 4.10. The molecule has 2 aromatic carbocycles. The van der Waals surface area contributed by atoms with Gasteiger partial charge in [-0.05, 0) is 22.6 Å². The van der Waals surface area contributed by atoms with Crippen LogP contribution in [0.1, 0.15) is 42.3 Å². The molecule has 2 aromatic rings. The summed E-state index contributed by atoms with van der Waals surface area (Å²) in [7, 11) is 0. The van der Waals surface area contributed by atoms with Gasteiger partial charge in [0.15, 0.2) is 5.78 Å². The lowest BCUT2D eigenvalue weighted by Crippen LogP contribution is -2.11. The first-order valence-electron chi connectivity index (χ1n) is 8.67. The molecule has 0 aromatic heterocycles. The number of hydrogen-bond donors (Lipinski definition) is 0. The highest BCUT2D eigenvalue weighted by Gasteiger charge is 2.23. The molecule has 5 heteroatoms. The highest BCUT2D eigenvalue weighted by molar-refractivity contribution is 8.41. The third kappa shape index (κ3) is 5.21. The van der Waals surface area contributed by atoms with E-state index in [0.29, 0.717) is 14.8 Å². The van der Waals surface area contributed by atoms with E-state index in [-0.39, 0.29) is 22.9 Å². The van der Waals surface area contributed by atoms with E-state index < -0.39 is 0 Å². The Kier molecular flexibility index (Phi) is 6.02. The van der Waals surface area contributed by atoms with Crippen LogP contribution in [-0.4, -0.2) is 21.8 Å². The summed E-state index contributed by atoms with van der Waals surface area (Å²) in [5.74, 6) is 0.0668. The van der Waals surface area contributed by atoms with Gasteiger partial charge in [-0.3, -0.25) is 9.59 Å². The second-order valence-electron chi connectivity index (χ2n) is 7.24. The first-order valence-corrected chi connectivity index (χ1v) is 10.5. The third-order valence-corrected chi connectivity index (χ3v) is 6.22. The molecular formula is C22H21NO2S2. The van der Waals surface area contributed by atoms with Crippen molar-refractivity contribution in [2.24, 2.45) is 4.99 Å². The zero-order valence-electron chi connectivity index (χ0n) is 15.6. The molecule has 1 heterocycles. The zero-order chi connectivity index (χ0) is 19.4. The summed E-state index contributed by atoms with van der Waals surface area (Å²) in [5, 5.41) is 0. The van der Waals surface area contributed by atoms with Gasteiger partial charge in [0.05, 0.1) is 10.7 Å². The molecule has 0 atom stereocenters. The van der Waals surface area contributed by atoms with Crippen LogP contribution >= 0.6 is 23.5 Å². The number of rotatable bonds is 4. The molecule has 3 rings (SSSR count). The lowest BCUT2D eigenvalue weighted by molar-refractivity contribution is -0.113. The molecule has 1 aliphatic heterocycles. The first kappa shape index (κ1) is 19.6. The second-order valence-corrected chi connectivity index (χ2v) is 9.50. The zero-order valence-corrected chi connectivity index (χ0v) is 17.2. The topological polar surface area (TPSA) is 46.5 Å². The number of Topliss-reactive ketones (excluding diaryl/α,β-unsaturated/α-hetero) is 1. The molecule has 1 aliphatic rings. The number of carbonyl (C=O) groups is 2. The lowest BCUT2D eigenvalue weighted by Gasteiger charge is -2.18. The maximum atomic E-state index is 12.4. The SMILES string of the molecule is CC(C)(C)c1ccc(C(=O)CSC2=NC(=O)/C(=C\c3ccccc3)S2)cc1. The Morgan fingerprint density at radius 1 is 1.07 bits per heavy atom. The molecule has 27 heavy (non-hydrogen) atoms. The Balaban J connectivity index is 1.59. The molecule has 0 unspecified atom stereocenters. The Morgan fingerprint density at radius 3 is 2.37 bits per heavy atom. The molecule has 0 spiro atoms. The summed E-state index contributed by atoms with van der Waals surface area (Å²) in [5.41, 5.74) is 2.91. The van der Waals surface area contributed by atoms with Gasteiger partial charge in [-0.2, -0.15) is 4.99 Å². The molecule has 0 aliphatic carbocycles. The van der Waals surface area contributed by atoms with Gasteiger partial charge < -0.3 is 0 Å². The molecule has 138 valence electrons. The van der Waals surface area contributed by atoms with Crippen LogP contribution in [0.15, 0.2) is 64.5 Å². The fraction of sp³-hybridized carbons (Fsp3) is 0.227. The van der Waals surface area contributed by atoms with Crippen molar-refractivity contribution in [1.29, 1.82) is 0 Å². The predicted octanol–water partition coefficient (Wildman–Crippen LogP) is 5.57. The van der Waals surface area contributed by atoms with Crippen LogP contribution < -0.4 is 0 Å². The fourth-order valence-electron chi connectivity index (χ4n) is 2.52. The number of nitrogens with zero attached hydrogens (tertiary/aromatic N) is 1. The fourth-order valence-corrected chi connectivity index (χ4v) is 4.41. The predicted molar refractivity (Wildman–Crippen MR) is 116 cm³/mol. The van der Waals surface area contributed by atoms with Crippen LogP contribution in [0.5, 0.6) is 0 Å². The minimum absolute atomic E-state index is 0.0386. The van der Waals surface area contributed by atoms with E-state index in [0.717, 1.165) is 5.56 Å². The molecule has 0 fully saturated rings. The van der Waals surface area contributed by atoms with Crippen molar-refractivity contribution in [2.75, 3.05) is 5.75 Å². The van der Waals surface area contributed by atoms with Gasteiger partial charge in [0.2, 0.25) is 0 Å². The van der Waals surface area contributed by atoms with Crippen molar-refractivity contribution in [2.45, 2.75) is 26.2 Å². The molecule has 0 saturated heterocycles. The molecular weight excluding hydrogens is 374 g/mol. The van der Waals surface area contributed by atoms with Crippen molar-refractivity contribution in [1.82, 2.24) is 0 Å². The van der Waals surface area contributed by atoms with Crippen LogP contribution in [-0.2, 0) is 10.2 Å². The number of amides is 1. The van der Waals surface area contributed by atoms with Crippen molar-refractivity contribution in [3.63, 3.8) is 0 Å². The van der Waals surface area contributed by atoms with E-state index in [9.17, 15) is 9.59 Å². The average molecular weight is 396 g/mol. The number of carbonyl (C=O) groups excluding carboxylic acids is 2. The van der Waals surface area contributed by atoms with Gasteiger partial charge in [0, 0.05) is 5.56 Å². The van der Waals surface area contributed by atoms with Gasteiger partial charge in [-0.25, -0.2) is 0 Å². The van der Waals surface area contributed by atoms with Crippen LogP contribution in [0.25, 0.3) is 6.08 Å². The first-order chi connectivity index (χ1) is 12.8. The van der Waals surface area contributed by atoms with E-state index in [1.54, 1.807) is 0 Å². The van der Waals surface area contributed by atoms with E-state index in [4.69, 9.17) is 0 Å². The molecule has 3 nitrogen and oxygen atoms in total. The highest BCUT2D eigenvalue weighted by atomic mass is 32.2. The van der Waals surface area contributed by atoms with Crippen LogP contribution in [0.3, 0.4) is 0 Å². The smallest absolute Gasteiger partial charge is 0.285 e. The average Bonchev–Trinajstić information content (AvgIpc) is 2.99. The van der Waals surface area contributed by atoms with E-state index in [1.165, 1.54) is 29.1 Å². The van der Waals surface area contributed by atoms with Gasteiger partial charge in [0.1, 0.15) is 4.38 Å². The maximum Gasteiger partial charge on any atom is 0.285 e. The van der Waals surface area contributed by atoms with Gasteiger partial charge >= 0.3 is 0 Å². The van der Waals surface area contributed by atoms with Crippen LogP contribution in [0, 0.1) is 0 Å². The lowest BCUT2D eigenvalue weighted by atomic mass is 9.86. The normalized spacial score (nSPS) is 15.9. The number of hydrogen-bond acceptors (Lipinski definition) is 4. The number of thioether (sulfide) groups is 2. The standard InChI is InChI=1S/C22H21NO2S2/c1-22(2,3)17-11-9-16(10-12-17)18(24)14-26-21-23-20(25)19(27-21)13-15-7-5-4-6-8-15/h4-13H,14H2,1-3H3/b19-13+. The monoisotopic (exact) mass is 395 g/mol. The quantitative estimate of drug-likeness (QED) is 0.501. The molecule has 0 N–H and O–H groups in total. The van der Waals surface area contributed by atoms with Crippen molar-refractivity contribution in [3.8, 4) is 0 Å². The number of aliphatic imine (C=N–C) groups is 1. The Bertz CT molecular complexity index is 908. The number of ketones is 1.